The number of amides is 1. The zero-order chi connectivity index (χ0) is 15.1. The van der Waals surface area contributed by atoms with Gasteiger partial charge < -0.3 is 14.8 Å². The Kier molecular flexibility index (Phi) is 6.65. The number of benzene rings is 1. The molecule has 1 N–H and O–H groups in total. The summed E-state index contributed by atoms with van der Waals surface area (Å²) in [6.45, 7) is 7.25. The zero-order valence-electron chi connectivity index (χ0n) is 12.5. The minimum Gasteiger partial charge on any atom is -0.493 e. The second-order valence-corrected chi connectivity index (χ2v) is 5.35. The fourth-order valence-corrected chi connectivity index (χ4v) is 1.86. The van der Waals surface area contributed by atoms with Gasteiger partial charge in [0.25, 0.3) is 5.91 Å². The minimum absolute atomic E-state index is 0.166. The Labute approximate surface area is 125 Å². The third-order valence-electron chi connectivity index (χ3n) is 2.61. The molecule has 0 spiro atoms. The summed E-state index contributed by atoms with van der Waals surface area (Å²) in [4.78, 5) is 12.0. The number of rotatable bonds is 7. The topological polar surface area (TPSA) is 47.6 Å². The molecule has 112 valence electrons. The number of halogens is 1. The van der Waals surface area contributed by atoms with E-state index in [-0.39, 0.29) is 5.91 Å². The van der Waals surface area contributed by atoms with Crippen molar-refractivity contribution in [3.05, 3.63) is 22.7 Å². The summed E-state index contributed by atoms with van der Waals surface area (Å²) in [5.74, 6) is 1.18. The Morgan fingerprint density at radius 1 is 1.40 bits per heavy atom. The lowest BCUT2D eigenvalue weighted by Gasteiger charge is -2.14. The summed E-state index contributed by atoms with van der Waals surface area (Å²) in [5.41, 5.74) is 0.469. The van der Waals surface area contributed by atoms with Crippen molar-refractivity contribution < 1.29 is 14.3 Å². The van der Waals surface area contributed by atoms with Crippen molar-refractivity contribution >= 4 is 17.5 Å². The molecule has 4 nitrogen and oxygen atoms in total. The molecule has 5 heteroatoms. The van der Waals surface area contributed by atoms with Gasteiger partial charge in [-0.2, -0.15) is 0 Å². The van der Waals surface area contributed by atoms with Gasteiger partial charge in [-0.25, -0.2) is 0 Å². The van der Waals surface area contributed by atoms with Crippen LogP contribution in [0.4, 0.5) is 0 Å². The van der Waals surface area contributed by atoms with Gasteiger partial charge in [0.05, 0.1) is 18.7 Å². The van der Waals surface area contributed by atoms with Crippen LogP contribution in [-0.2, 0) is 0 Å². The first kappa shape index (κ1) is 16.6. The molecule has 0 radical (unpaired) electrons. The van der Waals surface area contributed by atoms with Crippen molar-refractivity contribution in [2.45, 2.75) is 27.2 Å². The normalized spacial score (nSPS) is 10.5. The average molecular weight is 300 g/mol. The summed E-state index contributed by atoms with van der Waals surface area (Å²) in [5, 5.41) is 3.23. The van der Waals surface area contributed by atoms with Crippen LogP contribution >= 0.6 is 11.6 Å². The minimum atomic E-state index is -0.166. The molecule has 0 aromatic heterocycles. The van der Waals surface area contributed by atoms with Crippen molar-refractivity contribution in [2.75, 3.05) is 20.3 Å². The standard InChI is InChI=1S/C15H22ClNO3/c1-5-6-20-14-12(16)7-11(8-13(14)19-4)15(18)17-9-10(2)3/h7-8,10H,5-6,9H2,1-4H3,(H,17,18). The van der Waals surface area contributed by atoms with Gasteiger partial charge in [0.1, 0.15) is 0 Å². The molecule has 20 heavy (non-hydrogen) atoms. The smallest absolute Gasteiger partial charge is 0.251 e. The van der Waals surface area contributed by atoms with Gasteiger partial charge in [0.15, 0.2) is 11.5 Å². The van der Waals surface area contributed by atoms with E-state index in [1.54, 1.807) is 12.1 Å². The molecule has 0 aliphatic heterocycles. The molecular formula is C15H22ClNO3. The maximum absolute atomic E-state index is 12.0. The van der Waals surface area contributed by atoms with E-state index >= 15 is 0 Å². The lowest BCUT2D eigenvalue weighted by molar-refractivity contribution is 0.0948. The van der Waals surface area contributed by atoms with E-state index in [0.717, 1.165) is 6.42 Å². The molecule has 0 aliphatic carbocycles. The monoisotopic (exact) mass is 299 g/mol. The molecule has 0 saturated carbocycles. The highest BCUT2D eigenvalue weighted by molar-refractivity contribution is 6.32. The number of ether oxygens (including phenoxy) is 2. The number of hydrogen-bond donors (Lipinski definition) is 1. The van der Waals surface area contributed by atoms with Gasteiger partial charge in [0.2, 0.25) is 0 Å². The van der Waals surface area contributed by atoms with E-state index in [4.69, 9.17) is 21.1 Å². The Morgan fingerprint density at radius 3 is 2.65 bits per heavy atom. The highest BCUT2D eigenvalue weighted by Gasteiger charge is 2.15. The molecule has 1 aromatic rings. The lowest BCUT2D eigenvalue weighted by Crippen LogP contribution is -2.27. The number of nitrogens with one attached hydrogen (secondary N) is 1. The van der Waals surface area contributed by atoms with Crippen LogP contribution in [-0.4, -0.2) is 26.2 Å². The molecule has 1 aromatic carbocycles. The Hall–Kier alpha value is -1.42. The van der Waals surface area contributed by atoms with Gasteiger partial charge in [-0.3, -0.25) is 4.79 Å². The van der Waals surface area contributed by atoms with Crippen LogP contribution in [0.1, 0.15) is 37.6 Å². The van der Waals surface area contributed by atoms with Gasteiger partial charge in [-0.1, -0.05) is 32.4 Å². The fraction of sp³-hybridized carbons (Fsp3) is 0.533. The van der Waals surface area contributed by atoms with E-state index in [1.165, 1.54) is 7.11 Å². The Bertz CT molecular complexity index is 461. The molecule has 0 unspecified atom stereocenters. The van der Waals surface area contributed by atoms with E-state index in [2.05, 4.69) is 5.32 Å². The van der Waals surface area contributed by atoms with Crippen molar-refractivity contribution in [3.63, 3.8) is 0 Å². The van der Waals surface area contributed by atoms with Crippen LogP contribution < -0.4 is 14.8 Å². The summed E-state index contributed by atoms with van der Waals surface area (Å²) < 4.78 is 10.8. The van der Waals surface area contributed by atoms with Crippen LogP contribution in [0.5, 0.6) is 11.5 Å². The Morgan fingerprint density at radius 2 is 2.10 bits per heavy atom. The predicted octanol–water partition coefficient (Wildman–Crippen LogP) is 3.52. The second-order valence-electron chi connectivity index (χ2n) is 4.94. The summed E-state index contributed by atoms with van der Waals surface area (Å²) >= 11 is 6.17. The van der Waals surface area contributed by atoms with Gasteiger partial charge >= 0.3 is 0 Å². The third-order valence-corrected chi connectivity index (χ3v) is 2.89. The highest BCUT2D eigenvalue weighted by atomic mass is 35.5. The van der Waals surface area contributed by atoms with Crippen LogP contribution in [0, 0.1) is 5.92 Å². The molecule has 0 atom stereocenters. The first-order chi connectivity index (χ1) is 9.49. The first-order valence-electron chi connectivity index (χ1n) is 6.78. The highest BCUT2D eigenvalue weighted by Crippen LogP contribution is 2.36. The number of hydrogen-bond acceptors (Lipinski definition) is 3. The average Bonchev–Trinajstić information content (AvgIpc) is 2.42. The molecule has 1 amide bonds. The Balaban J connectivity index is 2.94. The second kappa shape index (κ2) is 8.00. The van der Waals surface area contributed by atoms with Gasteiger partial charge in [0, 0.05) is 12.1 Å². The van der Waals surface area contributed by atoms with E-state index in [1.807, 2.05) is 20.8 Å². The van der Waals surface area contributed by atoms with E-state index in [0.29, 0.717) is 41.2 Å². The van der Waals surface area contributed by atoms with Crippen molar-refractivity contribution in [1.29, 1.82) is 0 Å². The summed E-state index contributed by atoms with van der Waals surface area (Å²) in [7, 11) is 1.53. The van der Waals surface area contributed by atoms with Crippen LogP contribution in [0.3, 0.4) is 0 Å². The SMILES string of the molecule is CCCOc1c(Cl)cc(C(=O)NCC(C)C)cc1OC. The molecule has 0 fully saturated rings. The van der Waals surface area contributed by atoms with Gasteiger partial charge in [-0.15, -0.1) is 0 Å². The lowest BCUT2D eigenvalue weighted by atomic mass is 10.1. The predicted molar refractivity (Wildman–Crippen MR) is 81.0 cm³/mol. The number of carbonyl (C=O) groups is 1. The molecular weight excluding hydrogens is 278 g/mol. The van der Waals surface area contributed by atoms with Crippen LogP contribution in [0.15, 0.2) is 12.1 Å². The van der Waals surface area contributed by atoms with Crippen molar-refractivity contribution in [2.24, 2.45) is 5.92 Å². The first-order valence-corrected chi connectivity index (χ1v) is 7.15. The molecule has 1 rings (SSSR count). The van der Waals surface area contributed by atoms with E-state index < -0.39 is 0 Å². The third kappa shape index (κ3) is 4.60. The summed E-state index contributed by atoms with van der Waals surface area (Å²) in [6.07, 6.45) is 0.871. The summed E-state index contributed by atoms with van der Waals surface area (Å²) in [6, 6.07) is 3.25. The van der Waals surface area contributed by atoms with Crippen molar-refractivity contribution in [3.8, 4) is 11.5 Å². The molecule has 0 bridgehead atoms. The molecule has 0 aliphatic rings. The molecule has 0 heterocycles. The fourth-order valence-electron chi connectivity index (χ4n) is 1.59. The van der Waals surface area contributed by atoms with Crippen molar-refractivity contribution in [1.82, 2.24) is 5.32 Å². The van der Waals surface area contributed by atoms with Gasteiger partial charge in [-0.05, 0) is 24.5 Å². The van der Waals surface area contributed by atoms with Crippen LogP contribution in [0.2, 0.25) is 5.02 Å². The van der Waals surface area contributed by atoms with E-state index in [9.17, 15) is 4.79 Å². The maximum atomic E-state index is 12.0. The largest absolute Gasteiger partial charge is 0.493 e. The van der Waals surface area contributed by atoms with Crippen LogP contribution in [0.25, 0.3) is 0 Å². The number of carbonyl (C=O) groups excluding carboxylic acids is 1. The molecule has 0 saturated heterocycles. The quantitative estimate of drug-likeness (QED) is 0.838. The maximum Gasteiger partial charge on any atom is 0.251 e. The number of methoxy groups -OCH3 is 1. The zero-order valence-corrected chi connectivity index (χ0v) is 13.2.